The molecule has 2 aromatic carbocycles. The molecule has 1 atom stereocenters. The highest BCUT2D eigenvalue weighted by atomic mass is 16.5. The summed E-state index contributed by atoms with van der Waals surface area (Å²) >= 11 is 0. The first-order valence-electron chi connectivity index (χ1n) is 6.87. The van der Waals surface area contributed by atoms with Gasteiger partial charge in [-0.3, -0.25) is 4.79 Å². The number of methoxy groups -OCH3 is 1. The molecule has 0 aliphatic heterocycles. The summed E-state index contributed by atoms with van der Waals surface area (Å²) in [6.07, 6.45) is 0. The fourth-order valence-electron chi connectivity index (χ4n) is 2.08. The molecule has 0 aliphatic carbocycles. The van der Waals surface area contributed by atoms with Crippen molar-refractivity contribution >= 4 is 11.6 Å². The van der Waals surface area contributed by atoms with Gasteiger partial charge in [0.25, 0.3) is 5.91 Å². The van der Waals surface area contributed by atoms with Gasteiger partial charge in [-0.2, -0.15) is 0 Å². The topological polar surface area (TPSA) is 50.4 Å². The van der Waals surface area contributed by atoms with Crippen LogP contribution in [0.15, 0.2) is 48.5 Å². The number of carbonyl (C=O) groups is 1. The lowest BCUT2D eigenvalue weighted by atomic mass is 10.1. The quantitative estimate of drug-likeness (QED) is 0.886. The molecule has 0 heterocycles. The molecular weight excluding hydrogens is 264 g/mol. The van der Waals surface area contributed by atoms with Gasteiger partial charge in [0.2, 0.25) is 0 Å². The van der Waals surface area contributed by atoms with Crippen molar-refractivity contribution in [1.82, 2.24) is 5.32 Å². The molecule has 2 aromatic rings. The third-order valence-corrected chi connectivity index (χ3v) is 3.46. The fourth-order valence-corrected chi connectivity index (χ4v) is 2.08. The van der Waals surface area contributed by atoms with Crippen molar-refractivity contribution in [1.29, 1.82) is 0 Å². The lowest BCUT2D eigenvalue weighted by molar-refractivity contribution is 0.102. The van der Waals surface area contributed by atoms with Crippen molar-refractivity contribution < 1.29 is 9.53 Å². The molecule has 1 amide bonds. The summed E-state index contributed by atoms with van der Waals surface area (Å²) in [5.74, 6) is 0.601. The number of benzene rings is 2. The van der Waals surface area contributed by atoms with Crippen molar-refractivity contribution in [2.45, 2.75) is 13.0 Å². The van der Waals surface area contributed by atoms with Crippen LogP contribution in [0.4, 0.5) is 5.69 Å². The predicted octanol–water partition coefficient (Wildman–Crippen LogP) is 3.23. The van der Waals surface area contributed by atoms with E-state index in [1.165, 1.54) is 0 Å². The number of carbonyl (C=O) groups excluding carboxylic acids is 1. The van der Waals surface area contributed by atoms with E-state index in [-0.39, 0.29) is 11.9 Å². The maximum absolute atomic E-state index is 12.3. The molecule has 110 valence electrons. The molecule has 0 fully saturated rings. The van der Waals surface area contributed by atoms with Crippen molar-refractivity contribution in [3.05, 3.63) is 59.7 Å². The van der Waals surface area contributed by atoms with Crippen LogP contribution in [-0.4, -0.2) is 20.1 Å². The molecule has 4 heteroatoms. The number of anilines is 1. The van der Waals surface area contributed by atoms with Crippen LogP contribution in [0.3, 0.4) is 0 Å². The smallest absolute Gasteiger partial charge is 0.255 e. The average molecular weight is 284 g/mol. The van der Waals surface area contributed by atoms with E-state index in [0.717, 1.165) is 17.0 Å². The molecule has 0 bridgehead atoms. The van der Waals surface area contributed by atoms with Crippen LogP contribution >= 0.6 is 0 Å². The fraction of sp³-hybridized carbons (Fsp3) is 0.235. The van der Waals surface area contributed by atoms with Gasteiger partial charge in [-0.05, 0) is 49.9 Å². The number of nitrogens with one attached hydrogen (secondary N) is 2. The number of ether oxygens (including phenoxy) is 1. The van der Waals surface area contributed by atoms with Gasteiger partial charge in [0.1, 0.15) is 5.75 Å². The van der Waals surface area contributed by atoms with Gasteiger partial charge in [0.15, 0.2) is 0 Å². The molecule has 2 rings (SSSR count). The van der Waals surface area contributed by atoms with Crippen LogP contribution in [0.5, 0.6) is 5.75 Å². The maximum Gasteiger partial charge on any atom is 0.255 e. The second-order valence-electron chi connectivity index (χ2n) is 4.78. The lowest BCUT2D eigenvalue weighted by Crippen LogP contribution is -2.18. The van der Waals surface area contributed by atoms with Crippen LogP contribution in [0.25, 0.3) is 0 Å². The molecule has 1 unspecified atom stereocenters. The van der Waals surface area contributed by atoms with Gasteiger partial charge >= 0.3 is 0 Å². The number of para-hydroxylation sites is 1. The van der Waals surface area contributed by atoms with Gasteiger partial charge in [0, 0.05) is 17.3 Å². The second-order valence-corrected chi connectivity index (χ2v) is 4.78. The average Bonchev–Trinajstić information content (AvgIpc) is 2.54. The van der Waals surface area contributed by atoms with E-state index < -0.39 is 0 Å². The van der Waals surface area contributed by atoms with Gasteiger partial charge in [-0.25, -0.2) is 0 Å². The molecule has 0 aromatic heterocycles. The number of hydrogen-bond acceptors (Lipinski definition) is 3. The van der Waals surface area contributed by atoms with E-state index in [4.69, 9.17) is 4.74 Å². The van der Waals surface area contributed by atoms with Crippen molar-refractivity contribution in [2.24, 2.45) is 0 Å². The van der Waals surface area contributed by atoms with E-state index in [9.17, 15) is 4.79 Å². The van der Waals surface area contributed by atoms with Crippen molar-refractivity contribution in [3.63, 3.8) is 0 Å². The van der Waals surface area contributed by atoms with E-state index in [2.05, 4.69) is 17.6 Å². The molecular formula is C17H20N2O2. The number of hydrogen-bond donors (Lipinski definition) is 2. The number of amides is 1. The highest BCUT2D eigenvalue weighted by Crippen LogP contribution is 2.23. The Kier molecular flexibility index (Phi) is 4.95. The van der Waals surface area contributed by atoms with E-state index >= 15 is 0 Å². The first kappa shape index (κ1) is 15.1. The number of rotatable bonds is 5. The highest BCUT2D eigenvalue weighted by molar-refractivity contribution is 6.04. The minimum Gasteiger partial charge on any atom is -0.497 e. The van der Waals surface area contributed by atoms with Gasteiger partial charge in [-0.15, -0.1) is 0 Å². The Morgan fingerprint density at radius 3 is 2.38 bits per heavy atom. The monoisotopic (exact) mass is 284 g/mol. The third kappa shape index (κ3) is 3.61. The molecule has 0 saturated heterocycles. The minimum absolute atomic E-state index is 0.131. The molecule has 0 spiro atoms. The molecule has 0 saturated carbocycles. The Morgan fingerprint density at radius 2 is 1.76 bits per heavy atom. The van der Waals surface area contributed by atoms with Crippen LogP contribution in [-0.2, 0) is 0 Å². The van der Waals surface area contributed by atoms with E-state index in [0.29, 0.717) is 5.56 Å². The Labute approximate surface area is 125 Å². The third-order valence-electron chi connectivity index (χ3n) is 3.46. The second kappa shape index (κ2) is 6.90. The SMILES string of the molecule is CNC(C)c1ccccc1NC(=O)c1ccc(OC)cc1. The predicted molar refractivity (Wildman–Crippen MR) is 84.9 cm³/mol. The van der Waals surface area contributed by atoms with Crippen LogP contribution in [0, 0.1) is 0 Å². The Bertz CT molecular complexity index is 608. The largest absolute Gasteiger partial charge is 0.497 e. The van der Waals surface area contributed by atoms with E-state index in [1.807, 2.05) is 31.3 Å². The van der Waals surface area contributed by atoms with Crippen LogP contribution in [0.1, 0.15) is 28.9 Å². The standard InChI is InChI=1S/C17H20N2O2/c1-12(18-2)15-6-4-5-7-16(15)19-17(20)13-8-10-14(21-3)11-9-13/h4-12,18H,1-3H3,(H,19,20). The zero-order chi connectivity index (χ0) is 15.2. The molecule has 0 aliphatic rings. The van der Waals surface area contributed by atoms with Crippen molar-refractivity contribution in [3.8, 4) is 5.75 Å². The van der Waals surface area contributed by atoms with Gasteiger partial charge in [0.05, 0.1) is 7.11 Å². The zero-order valence-electron chi connectivity index (χ0n) is 12.5. The maximum atomic E-state index is 12.3. The first-order valence-corrected chi connectivity index (χ1v) is 6.87. The molecule has 2 N–H and O–H groups in total. The summed E-state index contributed by atoms with van der Waals surface area (Å²) in [5.41, 5.74) is 2.48. The van der Waals surface area contributed by atoms with Gasteiger partial charge < -0.3 is 15.4 Å². The summed E-state index contributed by atoms with van der Waals surface area (Å²) in [5, 5.41) is 6.14. The molecule has 0 radical (unpaired) electrons. The van der Waals surface area contributed by atoms with Crippen LogP contribution < -0.4 is 15.4 Å². The Hall–Kier alpha value is -2.33. The summed E-state index contributed by atoms with van der Waals surface area (Å²) in [6, 6.07) is 15.0. The summed E-state index contributed by atoms with van der Waals surface area (Å²) in [4.78, 5) is 12.3. The molecule has 4 nitrogen and oxygen atoms in total. The van der Waals surface area contributed by atoms with Crippen molar-refractivity contribution in [2.75, 3.05) is 19.5 Å². The highest BCUT2D eigenvalue weighted by Gasteiger charge is 2.12. The van der Waals surface area contributed by atoms with Crippen LogP contribution in [0.2, 0.25) is 0 Å². The minimum atomic E-state index is -0.131. The Balaban J connectivity index is 2.19. The molecule has 21 heavy (non-hydrogen) atoms. The lowest BCUT2D eigenvalue weighted by Gasteiger charge is -2.16. The summed E-state index contributed by atoms with van der Waals surface area (Å²) in [6.45, 7) is 2.05. The van der Waals surface area contributed by atoms with E-state index in [1.54, 1.807) is 31.4 Å². The Morgan fingerprint density at radius 1 is 1.10 bits per heavy atom. The zero-order valence-corrected chi connectivity index (χ0v) is 12.5. The first-order chi connectivity index (χ1) is 10.2. The summed E-state index contributed by atoms with van der Waals surface area (Å²) in [7, 11) is 3.50. The van der Waals surface area contributed by atoms with Gasteiger partial charge in [-0.1, -0.05) is 18.2 Å². The normalized spacial score (nSPS) is 11.8. The summed E-state index contributed by atoms with van der Waals surface area (Å²) < 4.78 is 5.09.